The maximum Gasteiger partial charge on any atom is 0.326 e. The second-order valence-electron chi connectivity index (χ2n) is 4.53. The zero-order valence-electron chi connectivity index (χ0n) is 10.8. The molecule has 0 aliphatic rings. The van der Waals surface area contributed by atoms with Crippen LogP contribution in [0.4, 0.5) is 4.39 Å². The number of nitrogens with two attached hydrogens (primary N) is 1. The van der Waals surface area contributed by atoms with E-state index in [-0.39, 0.29) is 5.82 Å². The van der Waals surface area contributed by atoms with Crippen molar-refractivity contribution in [3.63, 3.8) is 0 Å². The molecule has 3 N–H and O–H groups in total. The van der Waals surface area contributed by atoms with E-state index in [0.29, 0.717) is 16.1 Å². The summed E-state index contributed by atoms with van der Waals surface area (Å²) in [4.78, 5) is 15.2. The molecule has 1 atom stereocenters. The Kier molecular flexibility index (Phi) is 3.40. The minimum atomic E-state index is -1.15. The van der Waals surface area contributed by atoms with Gasteiger partial charge >= 0.3 is 5.97 Å². The van der Waals surface area contributed by atoms with Crippen molar-refractivity contribution in [3.05, 3.63) is 53.3 Å². The van der Waals surface area contributed by atoms with Gasteiger partial charge in [0.15, 0.2) is 0 Å². The average molecular weight is 302 g/mol. The Morgan fingerprint density at radius 3 is 2.67 bits per heavy atom. The highest BCUT2D eigenvalue weighted by molar-refractivity contribution is 7.13. The monoisotopic (exact) mass is 302 g/mol. The Bertz CT molecular complexity index is 831. The van der Waals surface area contributed by atoms with E-state index in [4.69, 9.17) is 10.8 Å². The molecule has 106 valence electrons. The molecule has 1 unspecified atom stereocenters. The van der Waals surface area contributed by atoms with E-state index in [1.165, 1.54) is 17.4 Å². The third-order valence-corrected chi connectivity index (χ3v) is 4.10. The molecule has 0 saturated heterocycles. The standard InChI is InChI=1S/C15H11FN2O2S/c16-11-6-5-10(8-3-1-2-4-9(8)11)14-18-12(7-21-14)13(17)15(19)20/h1-7,13H,17H2,(H,19,20). The van der Waals surface area contributed by atoms with Gasteiger partial charge in [0.25, 0.3) is 0 Å². The fourth-order valence-electron chi connectivity index (χ4n) is 2.13. The van der Waals surface area contributed by atoms with Crippen LogP contribution in [0.15, 0.2) is 41.8 Å². The van der Waals surface area contributed by atoms with Crippen molar-refractivity contribution >= 4 is 28.1 Å². The van der Waals surface area contributed by atoms with E-state index in [2.05, 4.69) is 4.98 Å². The fourth-order valence-corrected chi connectivity index (χ4v) is 3.02. The summed E-state index contributed by atoms with van der Waals surface area (Å²) >= 11 is 1.29. The van der Waals surface area contributed by atoms with E-state index < -0.39 is 12.0 Å². The summed E-state index contributed by atoms with van der Waals surface area (Å²) in [5.74, 6) is -1.43. The van der Waals surface area contributed by atoms with E-state index in [1.807, 2.05) is 12.1 Å². The topological polar surface area (TPSA) is 76.2 Å². The molecule has 0 amide bonds. The summed E-state index contributed by atoms with van der Waals surface area (Å²) in [6.45, 7) is 0. The van der Waals surface area contributed by atoms with Gasteiger partial charge in [-0.15, -0.1) is 11.3 Å². The highest BCUT2D eigenvalue weighted by atomic mass is 32.1. The van der Waals surface area contributed by atoms with Crippen molar-refractivity contribution in [2.75, 3.05) is 0 Å². The summed E-state index contributed by atoms with van der Waals surface area (Å²) in [6.07, 6.45) is 0. The second-order valence-corrected chi connectivity index (χ2v) is 5.39. The van der Waals surface area contributed by atoms with Crippen molar-refractivity contribution in [3.8, 4) is 10.6 Å². The van der Waals surface area contributed by atoms with Crippen LogP contribution in [0.25, 0.3) is 21.3 Å². The zero-order valence-corrected chi connectivity index (χ0v) is 11.6. The molecule has 3 aromatic rings. The van der Waals surface area contributed by atoms with E-state index in [0.717, 1.165) is 10.9 Å². The number of benzene rings is 2. The SMILES string of the molecule is NC(C(=O)O)c1csc(-c2ccc(F)c3ccccc23)n1. The number of carbonyl (C=O) groups is 1. The first-order valence-corrected chi connectivity index (χ1v) is 7.07. The quantitative estimate of drug-likeness (QED) is 0.779. The van der Waals surface area contributed by atoms with Crippen LogP contribution in [0.2, 0.25) is 0 Å². The lowest BCUT2D eigenvalue weighted by atomic mass is 10.0. The molecular weight excluding hydrogens is 291 g/mol. The van der Waals surface area contributed by atoms with Gasteiger partial charge in [0, 0.05) is 16.3 Å². The molecule has 0 bridgehead atoms. The van der Waals surface area contributed by atoms with Crippen molar-refractivity contribution in [1.82, 2.24) is 4.98 Å². The smallest absolute Gasteiger partial charge is 0.326 e. The molecule has 3 rings (SSSR count). The molecule has 1 heterocycles. The molecular formula is C15H11FN2O2S. The number of aromatic nitrogens is 1. The minimum Gasteiger partial charge on any atom is -0.480 e. The maximum absolute atomic E-state index is 13.8. The molecule has 0 spiro atoms. The van der Waals surface area contributed by atoms with Gasteiger partial charge in [-0.05, 0) is 17.5 Å². The molecule has 0 aliphatic heterocycles. The number of rotatable bonds is 3. The van der Waals surface area contributed by atoms with Crippen molar-refractivity contribution in [2.45, 2.75) is 6.04 Å². The van der Waals surface area contributed by atoms with Crippen molar-refractivity contribution < 1.29 is 14.3 Å². The Labute approximate surface area is 123 Å². The summed E-state index contributed by atoms with van der Waals surface area (Å²) < 4.78 is 13.8. The highest BCUT2D eigenvalue weighted by Gasteiger charge is 2.19. The first kappa shape index (κ1) is 13.7. The Morgan fingerprint density at radius 2 is 1.95 bits per heavy atom. The number of hydrogen-bond donors (Lipinski definition) is 2. The summed E-state index contributed by atoms with van der Waals surface area (Å²) in [5.41, 5.74) is 6.62. The fraction of sp³-hybridized carbons (Fsp3) is 0.0667. The molecule has 2 aromatic carbocycles. The van der Waals surface area contributed by atoms with Gasteiger partial charge in [-0.3, -0.25) is 4.79 Å². The van der Waals surface area contributed by atoms with Crippen LogP contribution < -0.4 is 5.73 Å². The Balaban J connectivity index is 2.14. The van der Waals surface area contributed by atoms with Gasteiger partial charge in [0.1, 0.15) is 16.9 Å². The molecule has 6 heteroatoms. The lowest BCUT2D eigenvalue weighted by Gasteiger charge is -2.05. The number of thiazole rings is 1. The largest absolute Gasteiger partial charge is 0.480 e. The summed E-state index contributed by atoms with van der Waals surface area (Å²) in [7, 11) is 0. The Hall–Kier alpha value is -2.31. The number of fused-ring (bicyclic) bond motifs is 1. The van der Waals surface area contributed by atoms with Gasteiger partial charge in [0.2, 0.25) is 0 Å². The van der Waals surface area contributed by atoms with Gasteiger partial charge in [-0.25, -0.2) is 9.37 Å². The minimum absolute atomic E-state index is 0.298. The molecule has 0 fully saturated rings. The van der Waals surface area contributed by atoms with Crippen LogP contribution in [0, 0.1) is 5.82 Å². The number of carboxylic acids is 1. The normalized spacial score (nSPS) is 12.5. The summed E-state index contributed by atoms with van der Waals surface area (Å²) in [5, 5.41) is 12.4. The molecule has 21 heavy (non-hydrogen) atoms. The number of nitrogens with zero attached hydrogens (tertiary/aromatic N) is 1. The van der Waals surface area contributed by atoms with Gasteiger partial charge in [0.05, 0.1) is 5.69 Å². The van der Waals surface area contributed by atoms with Gasteiger partial charge in [-0.1, -0.05) is 24.3 Å². The maximum atomic E-state index is 13.8. The third kappa shape index (κ3) is 2.39. The van der Waals surface area contributed by atoms with Crippen LogP contribution in [-0.4, -0.2) is 16.1 Å². The first-order chi connectivity index (χ1) is 10.1. The average Bonchev–Trinajstić information content (AvgIpc) is 2.96. The lowest BCUT2D eigenvalue weighted by molar-refractivity contribution is -0.138. The first-order valence-electron chi connectivity index (χ1n) is 6.19. The molecule has 0 aliphatic carbocycles. The van der Waals surface area contributed by atoms with E-state index in [9.17, 15) is 9.18 Å². The van der Waals surface area contributed by atoms with Gasteiger partial charge in [-0.2, -0.15) is 0 Å². The number of halogens is 1. The summed E-state index contributed by atoms with van der Waals surface area (Å²) in [6, 6.07) is 8.98. The van der Waals surface area contributed by atoms with Crippen molar-refractivity contribution in [2.24, 2.45) is 5.73 Å². The lowest BCUT2D eigenvalue weighted by Crippen LogP contribution is -2.20. The highest BCUT2D eigenvalue weighted by Crippen LogP contribution is 2.33. The van der Waals surface area contributed by atoms with Crippen LogP contribution in [-0.2, 0) is 4.79 Å². The van der Waals surface area contributed by atoms with Crippen molar-refractivity contribution in [1.29, 1.82) is 0 Å². The number of carboxylic acid groups (broad SMARTS) is 1. The van der Waals surface area contributed by atoms with E-state index >= 15 is 0 Å². The molecule has 0 saturated carbocycles. The van der Waals surface area contributed by atoms with E-state index in [1.54, 1.807) is 23.6 Å². The Morgan fingerprint density at radius 1 is 1.24 bits per heavy atom. The molecule has 4 nitrogen and oxygen atoms in total. The number of hydrogen-bond acceptors (Lipinski definition) is 4. The predicted molar refractivity (Wildman–Crippen MR) is 79.6 cm³/mol. The zero-order chi connectivity index (χ0) is 15.0. The van der Waals surface area contributed by atoms with Crippen LogP contribution >= 0.6 is 11.3 Å². The predicted octanol–water partition coefficient (Wildman–Crippen LogP) is 3.19. The van der Waals surface area contributed by atoms with Crippen LogP contribution in [0.1, 0.15) is 11.7 Å². The molecule has 0 radical (unpaired) electrons. The van der Waals surface area contributed by atoms with Crippen LogP contribution in [0.3, 0.4) is 0 Å². The third-order valence-electron chi connectivity index (χ3n) is 3.21. The van der Waals surface area contributed by atoms with Crippen LogP contribution in [0.5, 0.6) is 0 Å². The number of aliphatic carboxylic acids is 1. The molecule has 1 aromatic heterocycles. The van der Waals surface area contributed by atoms with Gasteiger partial charge < -0.3 is 10.8 Å². The second kappa shape index (κ2) is 5.23.